The number of phenols is 4. The second-order valence-electron chi connectivity index (χ2n) is 15.9. The average molecular weight is 971 g/mol. The lowest BCUT2D eigenvalue weighted by Gasteiger charge is -2.32. The molecule has 4 aromatic rings. The molecule has 22 nitrogen and oxygen atoms in total. The van der Waals surface area contributed by atoms with Gasteiger partial charge in [-0.3, -0.25) is 30.0 Å². The molecule has 4 amide bonds. The molecule has 0 fully saturated rings. The van der Waals surface area contributed by atoms with E-state index in [1.165, 1.54) is 38.1 Å². The van der Waals surface area contributed by atoms with Gasteiger partial charge in [-0.05, 0) is 85.4 Å². The molecule has 24 heteroatoms. The van der Waals surface area contributed by atoms with Gasteiger partial charge < -0.3 is 31.9 Å². The van der Waals surface area contributed by atoms with Crippen LogP contribution in [-0.2, 0) is 20.0 Å². The van der Waals surface area contributed by atoms with E-state index in [4.69, 9.17) is 11.5 Å². The number of nitrogens with one attached hydrogen (secondary N) is 4. The van der Waals surface area contributed by atoms with Gasteiger partial charge in [0.15, 0.2) is 47.1 Å². The van der Waals surface area contributed by atoms with E-state index in [1.807, 2.05) is 0 Å². The number of hydrogen-bond acceptors (Lipinski definition) is 18. The Morgan fingerprint density at radius 2 is 0.868 bits per heavy atom. The summed E-state index contributed by atoms with van der Waals surface area (Å²) < 4.78 is 53.5. The number of hydrogen-bond donors (Lipinski definition) is 10. The maximum atomic E-state index is 15.2. The number of carbonyl (C=O) groups excluding carboxylic acids is 6. The van der Waals surface area contributed by atoms with E-state index in [9.17, 15) is 56.4 Å². The zero-order valence-electron chi connectivity index (χ0n) is 36.7. The molecule has 2 aliphatic rings. The molecule has 4 aromatic carbocycles. The summed E-state index contributed by atoms with van der Waals surface area (Å²) in [7, 11) is -8.72. The zero-order chi connectivity index (χ0) is 50.5. The van der Waals surface area contributed by atoms with Gasteiger partial charge >= 0.3 is 12.1 Å². The molecule has 0 bridgehead atoms. The molecule has 0 atom stereocenters. The number of rotatable bonds is 13. The number of aldehydes is 2. The molecule has 0 unspecified atom stereocenters. The van der Waals surface area contributed by atoms with E-state index in [1.54, 1.807) is 37.1 Å². The Morgan fingerprint density at radius 3 is 1.13 bits per heavy atom. The number of sulfonamides is 2. The van der Waals surface area contributed by atoms with E-state index in [2.05, 4.69) is 21.1 Å². The molecule has 68 heavy (non-hydrogen) atoms. The van der Waals surface area contributed by atoms with Crippen molar-refractivity contribution in [3.63, 3.8) is 0 Å². The van der Waals surface area contributed by atoms with Gasteiger partial charge in [-0.2, -0.15) is 10.2 Å². The lowest BCUT2D eigenvalue weighted by atomic mass is 9.70. The van der Waals surface area contributed by atoms with Gasteiger partial charge in [-0.25, -0.2) is 35.9 Å². The number of nitrogens with two attached hydrogens (primary N) is 2. The fraction of sp³-hybridized carbons (Fsp3) is 0.182. The Bertz CT molecular complexity index is 3060. The molecule has 2 aliphatic carbocycles. The predicted molar refractivity (Wildman–Crippen MR) is 246 cm³/mol. The Hall–Kier alpha value is -8.38. The topological polar surface area (TPSA) is 376 Å². The van der Waals surface area contributed by atoms with Crippen LogP contribution >= 0.6 is 0 Å². The van der Waals surface area contributed by atoms with Gasteiger partial charge in [0, 0.05) is 44.5 Å². The molecular formula is C44H42N8O14S2. The minimum absolute atomic E-state index is 0.0405. The fourth-order valence-electron chi connectivity index (χ4n) is 7.96. The first kappa shape index (κ1) is 49.1. The number of carbonyl (C=O) groups is 6. The van der Waals surface area contributed by atoms with E-state index in [0.717, 1.165) is 24.3 Å². The standard InChI is InChI=1S/C44H42N8O14S2/c1-17(2)27-33-31(25(15-53)37(55)41(27)59)39(57)29(19(5)35(33)49-47-21-7-11-23(12-8-21)67(63,64)51-43(45)61)30-20(6)36(50-48-22-9-13-24(14-10-22)68(65,66)52-44(46)62)34-28(18(3)4)42(60)38(56)26(16-54)32(34)40(30)58/h7-18,47-48,55-56,59-60H,1-6H3,(H3,45,51,61)(H3,46,52,62)/b49-35+,50-36+. The van der Waals surface area contributed by atoms with Crippen molar-refractivity contribution in [3.8, 4) is 23.0 Å². The van der Waals surface area contributed by atoms with Crippen LogP contribution in [0.1, 0.15) is 117 Å². The molecule has 0 aliphatic heterocycles. The number of ketones is 2. The highest BCUT2D eigenvalue weighted by molar-refractivity contribution is 7.90. The Balaban J connectivity index is 1.67. The van der Waals surface area contributed by atoms with Gasteiger partial charge in [0.1, 0.15) is 0 Å². The van der Waals surface area contributed by atoms with Crippen molar-refractivity contribution in [3.05, 3.63) is 115 Å². The molecule has 6 rings (SSSR count). The molecule has 0 aromatic heterocycles. The largest absolute Gasteiger partial charge is 0.504 e. The minimum Gasteiger partial charge on any atom is -0.504 e. The van der Waals surface area contributed by atoms with Crippen LogP contribution < -0.4 is 31.8 Å². The van der Waals surface area contributed by atoms with Crippen molar-refractivity contribution in [2.24, 2.45) is 21.7 Å². The average Bonchev–Trinajstić information content (AvgIpc) is 3.25. The van der Waals surface area contributed by atoms with Crippen LogP contribution in [0.2, 0.25) is 0 Å². The van der Waals surface area contributed by atoms with Crippen molar-refractivity contribution >= 4 is 79.0 Å². The monoisotopic (exact) mass is 970 g/mol. The second kappa shape index (κ2) is 18.1. The summed E-state index contributed by atoms with van der Waals surface area (Å²) in [5, 5.41) is 54.2. The molecular weight excluding hydrogens is 929 g/mol. The second-order valence-corrected chi connectivity index (χ2v) is 19.2. The number of Topliss-reactive ketones (excluding diaryl/α,β-unsaturated/α-hetero) is 2. The third kappa shape index (κ3) is 8.48. The fourth-order valence-corrected chi connectivity index (χ4v) is 9.72. The number of urea groups is 2. The Kier molecular flexibility index (Phi) is 13.1. The normalized spacial score (nSPS) is 15.1. The summed E-state index contributed by atoms with van der Waals surface area (Å²) in [6.07, 6.45) is 0.241. The number of nitrogens with zero attached hydrogens (tertiary/aromatic N) is 2. The van der Waals surface area contributed by atoms with E-state index >= 15 is 9.59 Å². The first-order valence-corrected chi connectivity index (χ1v) is 23.0. The smallest absolute Gasteiger partial charge is 0.326 e. The first-order chi connectivity index (χ1) is 31.8. The lowest BCUT2D eigenvalue weighted by Crippen LogP contribution is -2.34. The number of hydrazone groups is 2. The van der Waals surface area contributed by atoms with Crippen LogP contribution in [0.15, 0.2) is 90.8 Å². The molecule has 0 heterocycles. The third-order valence-electron chi connectivity index (χ3n) is 10.9. The minimum atomic E-state index is -4.36. The van der Waals surface area contributed by atoms with E-state index < -0.39 is 112 Å². The number of aromatic hydroxyl groups is 4. The number of fused-ring (bicyclic) bond motifs is 2. The molecule has 0 radical (unpaired) electrons. The van der Waals surface area contributed by atoms with Crippen LogP contribution in [0.3, 0.4) is 0 Å². The summed E-state index contributed by atoms with van der Waals surface area (Å²) in [6, 6.07) is 6.80. The predicted octanol–water partition coefficient (Wildman–Crippen LogP) is 4.45. The highest BCUT2D eigenvalue weighted by Gasteiger charge is 2.44. The van der Waals surface area contributed by atoms with Crippen molar-refractivity contribution in [1.29, 1.82) is 0 Å². The maximum Gasteiger partial charge on any atom is 0.326 e. The molecule has 354 valence electrons. The highest BCUT2D eigenvalue weighted by Crippen LogP contribution is 2.50. The highest BCUT2D eigenvalue weighted by atomic mass is 32.2. The number of benzene rings is 4. The number of anilines is 2. The summed E-state index contributed by atoms with van der Waals surface area (Å²) in [6.45, 7) is 9.22. The summed E-state index contributed by atoms with van der Waals surface area (Å²) in [4.78, 5) is 77.9. The van der Waals surface area contributed by atoms with Crippen LogP contribution in [0.25, 0.3) is 0 Å². The van der Waals surface area contributed by atoms with Crippen LogP contribution in [0, 0.1) is 0 Å². The van der Waals surface area contributed by atoms with Crippen LogP contribution in [0.4, 0.5) is 21.0 Å². The van der Waals surface area contributed by atoms with Gasteiger partial charge in [0.2, 0.25) is 0 Å². The van der Waals surface area contributed by atoms with Crippen molar-refractivity contribution < 1.29 is 66.0 Å². The van der Waals surface area contributed by atoms with Crippen molar-refractivity contribution in [1.82, 2.24) is 9.44 Å². The molecule has 0 spiro atoms. The summed E-state index contributed by atoms with van der Waals surface area (Å²) >= 11 is 0. The zero-order valence-corrected chi connectivity index (χ0v) is 38.3. The van der Waals surface area contributed by atoms with Gasteiger partial charge in [-0.1, -0.05) is 27.7 Å². The van der Waals surface area contributed by atoms with Crippen LogP contribution in [0.5, 0.6) is 23.0 Å². The third-order valence-corrected chi connectivity index (χ3v) is 13.6. The summed E-state index contributed by atoms with van der Waals surface area (Å²) in [5.41, 5.74) is 11.6. The van der Waals surface area contributed by atoms with Crippen LogP contribution in [-0.4, -0.2) is 84.9 Å². The lowest BCUT2D eigenvalue weighted by molar-refractivity contribution is 0.0989. The van der Waals surface area contributed by atoms with Gasteiger partial charge in [0.05, 0.1) is 43.7 Å². The first-order valence-electron chi connectivity index (χ1n) is 20.0. The molecule has 0 saturated carbocycles. The van der Waals surface area contributed by atoms with Crippen molar-refractivity contribution in [2.75, 3.05) is 10.9 Å². The Morgan fingerprint density at radius 1 is 0.559 bits per heavy atom. The Labute approximate surface area is 387 Å². The number of allylic oxidation sites excluding steroid dienone is 4. The van der Waals surface area contributed by atoms with Crippen molar-refractivity contribution in [2.45, 2.75) is 63.2 Å². The summed E-state index contributed by atoms with van der Waals surface area (Å²) in [5.74, 6) is -6.85. The van der Waals surface area contributed by atoms with Gasteiger partial charge in [0.25, 0.3) is 20.0 Å². The quantitative estimate of drug-likeness (QED) is 0.0502. The van der Waals surface area contributed by atoms with E-state index in [0.29, 0.717) is 0 Å². The number of phenolic OH excluding ortho intramolecular Hbond substituents is 4. The molecule has 12 N–H and O–H groups in total. The maximum absolute atomic E-state index is 15.2. The number of amides is 4. The van der Waals surface area contributed by atoms with E-state index in [-0.39, 0.29) is 78.6 Å². The number of primary amides is 2. The van der Waals surface area contributed by atoms with Gasteiger partial charge in [-0.15, -0.1) is 0 Å². The molecule has 0 saturated heterocycles. The SMILES string of the molecule is CC1=C(C2=C(C)/C(=N\Nc3ccc(S(=O)(=O)NC(N)=O)cc3)c3c(c(C=O)c(O)c(O)c3C(C)C)C2=O)C(=O)c2c(C=O)c(O)c(O)c(C(C)C)c2/C1=N/Nc1ccc(S(=O)(=O)NC(N)=O)cc1.